The van der Waals surface area contributed by atoms with Crippen LogP contribution in [-0.4, -0.2) is 28.5 Å². The Kier molecular flexibility index (Phi) is 4.26. The summed E-state index contributed by atoms with van der Waals surface area (Å²) in [6, 6.07) is 12.2. The Balaban J connectivity index is 2.22. The van der Waals surface area contributed by atoms with Crippen LogP contribution in [0.1, 0.15) is 16.1 Å². The van der Waals surface area contributed by atoms with Gasteiger partial charge in [-0.05, 0) is 35.4 Å². The monoisotopic (exact) mass is 281 g/mol. The third-order valence-electron chi connectivity index (χ3n) is 2.74. The first-order chi connectivity index (χ1) is 10.1. The lowest BCUT2D eigenvalue weighted by Gasteiger charge is -2.05. The molecule has 0 spiro atoms. The number of amides is 1. The second-order valence-electron chi connectivity index (χ2n) is 4.20. The summed E-state index contributed by atoms with van der Waals surface area (Å²) in [5.74, 6) is -1.67. The van der Waals surface area contributed by atoms with Gasteiger partial charge in [0.05, 0.1) is 11.6 Å². The molecule has 1 aromatic heterocycles. The van der Waals surface area contributed by atoms with Gasteiger partial charge in [-0.25, -0.2) is 0 Å². The van der Waals surface area contributed by atoms with E-state index in [0.29, 0.717) is 5.56 Å². The first-order valence-corrected chi connectivity index (χ1v) is 6.07. The quantitative estimate of drug-likeness (QED) is 0.882. The number of nitriles is 1. The second kappa shape index (κ2) is 6.30. The lowest BCUT2D eigenvalue weighted by molar-refractivity contribution is -0.135. The Morgan fingerprint density at radius 2 is 1.90 bits per heavy atom. The fourth-order valence-corrected chi connectivity index (χ4v) is 1.72. The van der Waals surface area contributed by atoms with E-state index in [1.807, 2.05) is 6.07 Å². The molecule has 2 rings (SSSR count). The van der Waals surface area contributed by atoms with Crippen molar-refractivity contribution >= 4 is 11.9 Å². The van der Waals surface area contributed by atoms with Crippen LogP contribution in [0.2, 0.25) is 0 Å². The van der Waals surface area contributed by atoms with Crippen LogP contribution < -0.4 is 5.32 Å². The van der Waals surface area contributed by atoms with Gasteiger partial charge < -0.3 is 10.4 Å². The number of carbonyl (C=O) groups is 2. The highest BCUT2D eigenvalue weighted by Gasteiger charge is 2.09. The van der Waals surface area contributed by atoms with Crippen molar-refractivity contribution in [3.8, 4) is 17.2 Å². The Hall–Kier alpha value is -3.20. The molecule has 0 atom stereocenters. The normalized spacial score (nSPS) is 9.67. The average Bonchev–Trinajstić information content (AvgIpc) is 2.52. The topological polar surface area (TPSA) is 103 Å². The van der Waals surface area contributed by atoms with Gasteiger partial charge in [0, 0.05) is 6.20 Å². The number of pyridine rings is 1. The number of hydrogen-bond acceptors (Lipinski definition) is 4. The molecule has 21 heavy (non-hydrogen) atoms. The van der Waals surface area contributed by atoms with Crippen molar-refractivity contribution in [2.75, 3.05) is 6.54 Å². The zero-order chi connectivity index (χ0) is 15.2. The summed E-state index contributed by atoms with van der Waals surface area (Å²) >= 11 is 0. The van der Waals surface area contributed by atoms with Crippen LogP contribution in [0.3, 0.4) is 0 Å². The predicted molar refractivity (Wildman–Crippen MR) is 74.4 cm³/mol. The Morgan fingerprint density at radius 1 is 1.19 bits per heavy atom. The molecule has 1 amide bonds. The molecular formula is C15H11N3O3. The average molecular weight is 281 g/mol. The van der Waals surface area contributed by atoms with Gasteiger partial charge >= 0.3 is 5.97 Å². The summed E-state index contributed by atoms with van der Waals surface area (Å²) in [6.45, 7) is -0.457. The molecule has 0 saturated heterocycles. The lowest BCUT2D eigenvalue weighted by atomic mass is 10.0. The number of nitrogens with one attached hydrogen (secondary N) is 1. The van der Waals surface area contributed by atoms with Crippen LogP contribution in [0.15, 0.2) is 42.6 Å². The first kappa shape index (κ1) is 14.2. The summed E-state index contributed by atoms with van der Waals surface area (Å²) in [5, 5.41) is 19.5. The summed E-state index contributed by atoms with van der Waals surface area (Å²) in [6.07, 6.45) is 1.48. The van der Waals surface area contributed by atoms with Crippen LogP contribution in [0.5, 0.6) is 0 Å². The summed E-state index contributed by atoms with van der Waals surface area (Å²) in [4.78, 5) is 26.1. The first-order valence-electron chi connectivity index (χ1n) is 6.07. The van der Waals surface area contributed by atoms with E-state index in [-0.39, 0.29) is 5.69 Å². The highest BCUT2D eigenvalue weighted by Crippen LogP contribution is 2.19. The lowest BCUT2D eigenvalue weighted by Crippen LogP contribution is -2.29. The molecule has 0 saturated carbocycles. The highest BCUT2D eigenvalue weighted by molar-refractivity contribution is 5.95. The number of hydrogen-bond donors (Lipinski definition) is 2. The molecule has 1 aromatic carbocycles. The number of aromatic nitrogens is 1. The van der Waals surface area contributed by atoms with Gasteiger partial charge in [-0.2, -0.15) is 5.26 Å². The molecule has 1 heterocycles. The Morgan fingerprint density at radius 3 is 2.52 bits per heavy atom. The zero-order valence-electron chi connectivity index (χ0n) is 10.9. The van der Waals surface area contributed by atoms with Crippen molar-refractivity contribution in [3.63, 3.8) is 0 Å². The van der Waals surface area contributed by atoms with E-state index >= 15 is 0 Å². The fraction of sp³-hybridized carbons (Fsp3) is 0.0667. The van der Waals surface area contributed by atoms with Crippen molar-refractivity contribution in [1.82, 2.24) is 10.3 Å². The van der Waals surface area contributed by atoms with Crippen LogP contribution in [0.4, 0.5) is 0 Å². The number of rotatable bonds is 4. The number of carbonyl (C=O) groups excluding carboxylic acids is 1. The van der Waals surface area contributed by atoms with Crippen LogP contribution in [0.25, 0.3) is 11.1 Å². The second-order valence-corrected chi connectivity index (χ2v) is 4.20. The number of nitrogens with zero attached hydrogens (tertiary/aromatic N) is 2. The molecule has 0 bridgehead atoms. The molecule has 0 aliphatic heterocycles. The SMILES string of the molecule is N#Cc1ccc(-c2ccnc(C(=O)NCC(=O)O)c2)cc1. The van der Waals surface area contributed by atoms with E-state index < -0.39 is 18.4 Å². The van der Waals surface area contributed by atoms with E-state index in [4.69, 9.17) is 10.4 Å². The van der Waals surface area contributed by atoms with Crippen molar-refractivity contribution < 1.29 is 14.7 Å². The molecule has 0 aliphatic rings. The maximum atomic E-state index is 11.8. The minimum atomic E-state index is -1.12. The number of carboxylic acids is 1. The van der Waals surface area contributed by atoms with Gasteiger partial charge in [0.2, 0.25) is 0 Å². The maximum Gasteiger partial charge on any atom is 0.322 e. The van der Waals surface area contributed by atoms with E-state index in [2.05, 4.69) is 10.3 Å². The standard InChI is InChI=1S/C15H11N3O3/c16-8-10-1-3-11(4-2-10)12-5-6-17-13(7-12)15(21)18-9-14(19)20/h1-7H,9H2,(H,18,21)(H,19,20). The Labute approximate surface area is 120 Å². The molecule has 6 heteroatoms. The molecule has 6 nitrogen and oxygen atoms in total. The summed E-state index contributed by atoms with van der Waals surface area (Å²) in [5.41, 5.74) is 2.28. The third kappa shape index (κ3) is 3.64. The molecule has 0 fully saturated rings. The maximum absolute atomic E-state index is 11.8. The van der Waals surface area contributed by atoms with Crippen molar-refractivity contribution in [3.05, 3.63) is 53.9 Å². The minimum Gasteiger partial charge on any atom is -0.480 e. The molecular weight excluding hydrogens is 270 g/mol. The van der Waals surface area contributed by atoms with Crippen LogP contribution in [0, 0.1) is 11.3 Å². The largest absolute Gasteiger partial charge is 0.480 e. The van der Waals surface area contributed by atoms with Crippen molar-refractivity contribution in [2.24, 2.45) is 0 Å². The van der Waals surface area contributed by atoms with Gasteiger partial charge in [-0.1, -0.05) is 12.1 Å². The Bertz CT molecular complexity index is 718. The van der Waals surface area contributed by atoms with Gasteiger partial charge in [-0.3, -0.25) is 14.6 Å². The molecule has 2 N–H and O–H groups in total. The fourth-order valence-electron chi connectivity index (χ4n) is 1.72. The van der Waals surface area contributed by atoms with Gasteiger partial charge in [0.1, 0.15) is 12.2 Å². The van der Waals surface area contributed by atoms with Crippen molar-refractivity contribution in [2.45, 2.75) is 0 Å². The predicted octanol–water partition coefficient (Wildman–Crippen LogP) is 1.43. The van der Waals surface area contributed by atoms with Gasteiger partial charge in [-0.15, -0.1) is 0 Å². The molecule has 0 radical (unpaired) electrons. The molecule has 0 aliphatic carbocycles. The van der Waals surface area contributed by atoms with E-state index in [1.165, 1.54) is 6.20 Å². The molecule has 104 valence electrons. The van der Waals surface area contributed by atoms with Crippen LogP contribution in [-0.2, 0) is 4.79 Å². The molecule has 2 aromatic rings. The number of benzene rings is 1. The van der Waals surface area contributed by atoms with E-state index in [9.17, 15) is 9.59 Å². The van der Waals surface area contributed by atoms with Gasteiger partial charge in [0.25, 0.3) is 5.91 Å². The third-order valence-corrected chi connectivity index (χ3v) is 2.74. The summed E-state index contributed by atoms with van der Waals surface area (Å²) < 4.78 is 0. The van der Waals surface area contributed by atoms with E-state index in [1.54, 1.807) is 36.4 Å². The number of carboxylic acid groups (broad SMARTS) is 1. The van der Waals surface area contributed by atoms with Crippen molar-refractivity contribution in [1.29, 1.82) is 5.26 Å². The summed E-state index contributed by atoms with van der Waals surface area (Å²) in [7, 11) is 0. The van der Waals surface area contributed by atoms with Gasteiger partial charge in [0.15, 0.2) is 0 Å². The smallest absolute Gasteiger partial charge is 0.322 e. The van der Waals surface area contributed by atoms with E-state index in [0.717, 1.165) is 11.1 Å². The molecule has 0 unspecified atom stereocenters. The highest BCUT2D eigenvalue weighted by atomic mass is 16.4. The van der Waals surface area contributed by atoms with Crippen LogP contribution >= 0.6 is 0 Å². The minimum absolute atomic E-state index is 0.137. The zero-order valence-corrected chi connectivity index (χ0v) is 10.9. The number of aliphatic carboxylic acids is 1.